The van der Waals surface area contributed by atoms with Crippen LogP contribution in [0.5, 0.6) is 5.75 Å². The van der Waals surface area contributed by atoms with Gasteiger partial charge >= 0.3 is 0 Å². The second kappa shape index (κ2) is 6.26. The normalized spacial score (nSPS) is 13.6. The molecule has 1 aromatic rings. The molecule has 0 radical (unpaired) electrons. The summed E-state index contributed by atoms with van der Waals surface area (Å²) in [5, 5.41) is 4.11. The number of rotatable bonds is 7. The van der Waals surface area contributed by atoms with Crippen LogP contribution in [-0.2, 0) is 15.6 Å². The molecular weight excluding hydrogens is 264 g/mol. The molecule has 0 bridgehead atoms. The predicted octanol–water partition coefficient (Wildman–Crippen LogP) is 1.88. The Morgan fingerprint density at radius 1 is 1.59 bits per heavy atom. The smallest absolute Gasteiger partial charge is 0.232 e. The van der Waals surface area contributed by atoms with Gasteiger partial charge in [-0.1, -0.05) is 13.8 Å². The lowest BCUT2D eigenvalue weighted by atomic mass is 10.2. The fourth-order valence-corrected chi connectivity index (χ4v) is 2.82. The molecule has 0 fully saturated rings. The van der Waals surface area contributed by atoms with E-state index in [1.54, 1.807) is 24.0 Å². The molecule has 0 saturated heterocycles. The highest BCUT2D eigenvalue weighted by atomic mass is 35.7. The number of aryl methyl sites for hydroxylation is 1. The molecule has 17 heavy (non-hydrogen) atoms. The lowest BCUT2D eigenvalue weighted by molar-refractivity contribution is 0.272. The van der Waals surface area contributed by atoms with Crippen molar-refractivity contribution in [2.24, 2.45) is 5.92 Å². The molecule has 0 N–H and O–H groups in total. The third kappa shape index (κ3) is 5.93. The van der Waals surface area contributed by atoms with Crippen molar-refractivity contribution in [1.29, 1.82) is 0 Å². The van der Waals surface area contributed by atoms with E-state index >= 15 is 0 Å². The molecule has 98 valence electrons. The topological polar surface area (TPSA) is 61.2 Å². The fourth-order valence-electron chi connectivity index (χ4n) is 1.40. The molecule has 1 aromatic heterocycles. The number of nitrogens with zero attached hydrogens (tertiary/aromatic N) is 2. The Kier molecular flexibility index (Phi) is 5.27. The van der Waals surface area contributed by atoms with E-state index < -0.39 is 9.05 Å². The van der Waals surface area contributed by atoms with Gasteiger partial charge in [0.15, 0.2) is 5.75 Å². The Labute approximate surface area is 106 Å². The number of ether oxygens (including phenoxy) is 1. The highest BCUT2D eigenvalue weighted by Crippen LogP contribution is 2.12. The maximum Gasteiger partial charge on any atom is 0.232 e. The first-order valence-corrected chi connectivity index (χ1v) is 7.96. The van der Waals surface area contributed by atoms with Crippen molar-refractivity contribution in [3.05, 3.63) is 12.4 Å². The minimum atomic E-state index is -3.46. The predicted molar refractivity (Wildman–Crippen MR) is 66.8 cm³/mol. The molecule has 0 aromatic carbocycles. The molecule has 0 amide bonds. The van der Waals surface area contributed by atoms with Crippen LogP contribution in [0.3, 0.4) is 0 Å². The third-order valence-corrected chi connectivity index (χ3v) is 3.43. The first kappa shape index (κ1) is 14.3. The Morgan fingerprint density at radius 2 is 2.29 bits per heavy atom. The Bertz CT molecular complexity index is 444. The van der Waals surface area contributed by atoms with E-state index in [1.165, 1.54) is 0 Å². The first-order valence-electron chi connectivity index (χ1n) is 5.48. The number of halogens is 1. The maximum absolute atomic E-state index is 10.8. The van der Waals surface area contributed by atoms with Gasteiger partial charge in [0.25, 0.3) is 0 Å². The lowest BCUT2D eigenvalue weighted by Crippen LogP contribution is -2.16. The highest BCUT2D eigenvalue weighted by Gasteiger charge is 2.13. The van der Waals surface area contributed by atoms with Gasteiger partial charge in [0.05, 0.1) is 24.8 Å². The second-order valence-electron chi connectivity index (χ2n) is 4.06. The van der Waals surface area contributed by atoms with Crippen molar-refractivity contribution < 1.29 is 13.2 Å². The van der Waals surface area contributed by atoms with Crippen LogP contribution < -0.4 is 4.74 Å². The van der Waals surface area contributed by atoms with Gasteiger partial charge in [-0.2, -0.15) is 5.10 Å². The third-order valence-electron chi connectivity index (χ3n) is 2.08. The molecule has 1 heterocycles. The quantitative estimate of drug-likeness (QED) is 0.716. The van der Waals surface area contributed by atoms with Gasteiger partial charge < -0.3 is 4.74 Å². The van der Waals surface area contributed by atoms with E-state index in [0.717, 1.165) is 13.0 Å². The molecule has 0 spiro atoms. The van der Waals surface area contributed by atoms with Gasteiger partial charge in [0.1, 0.15) is 0 Å². The van der Waals surface area contributed by atoms with Crippen LogP contribution in [0.25, 0.3) is 0 Å². The molecule has 1 rings (SSSR count). The van der Waals surface area contributed by atoms with E-state index in [1.807, 2.05) is 0 Å². The summed E-state index contributed by atoms with van der Waals surface area (Å²) in [5.74, 6) is 0.418. The Morgan fingerprint density at radius 3 is 2.88 bits per heavy atom. The molecule has 0 aliphatic rings. The standard InChI is InChI=1S/C10H17ClN2O3S/c1-3-4-13-6-10(5-12-13)16-7-9(2)8-17(11,14)15/h5-6,9H,3-4,7-8H2,1-2H3. The summed E-state index contributed by atoms with van der Waals surface area (Å²) in [6.45, 7) is 4.99. The van der Waals surface area contributed by atoms with Crippen LogP contribution in [-0.4, -0.2) is 30.6 Å². The SMILES string of the molecule is CCCn1cc(OCC(C)CS(=O)(=O)Cl)cn1. The molecule has 0 aliphatic carbocycles. The van der Waals surface area contributed by atoms with Crippen molar-refractivity contribution in [1.82, 2.24) is 9.78 Å². The van der Waals surface area contributed by atoms with Gasteiger partial charge in [0, 0.05) is 23.1 Å². The second-order valence-corrected chi connectivity index (χ2v) is 6.88. The van der Waals surface area contributed by atoms with Crippen molar-refractivity contribution in [3.8, 4) is 5.75 Å². The molecule has 0 saturated carbocycles. The largest absolute Gasteiger partial charge is 0.490 e. The van der Waals surface area contributed by atoms with Gasteiger partial charge in [-0.15, -0.1) is 0 Å². The number of hydrogen-bond acceptors (Lipinski definition) is 4. The molecule has 5 nitrogen and oxygen atoms in total. The summed E-state index contributed by atoms with van der Waals surface area (Å²) in [4.78, 5) is 0. The van der Waals surface area contributed by atoms with Crippen LogP contribution in [0.4, 0.5) is 0 Å². The summed E-state index contributed by atoms with van der Waals surface area (Å²) in [6, 6.07) is 0. The van der Waals surface area contributed by atoms with Gasteiger partial charge in [-0.3, -0.25) is 4.68 Å². The van der Waals surface area contributed by atoms with Crippen LogP contribution in [0.1, 0.15) is 20.3 Å². The molecule has 1 unspecified atom stereocenters. The fraction of sp³-hybridized carbons (Fsp3) is 0.700. The van der Waals surface area contributed by atoms with Crippen molar-refractivity contribution >= 4 is 19.7 Å². The zero-order valence-corrected chi connectivity index (χ0v) is 11.5. The van der Waals surface area contributed by atoms with E-state index in [0.29, 0.717) is 12.4 Å². The van der Waals surface area contributed by atoms with Crippen molar-refractivity contribution in [2.45, 2.75) is 26.8 Å². The summed E-state index contributed by atoms with van der Waals surface area (Å²) in [7, 11) is 1.70. The summed E-state index contributed by atoms with van der Waals surface area (Å²) in [5.41, 5.74) is 0. The summed E-state index contributed by atoms with van der Waals surface area (Å²) < 4.78 is 28.9. The maximum atomic E-state index is 10.8. The van der Waals surface area contributed by atoms with Crippen LogP contribution in [0.2, 0.25) is 0 Å². The van der Waals surface area contributed by atoms with E-state index in [9.17, 15) is 8.42 Å². The van der Waals surface area contributed by atoms with Crippen molar-refractivity contribution in [2.75, 3.05) is 12.4 Å². The lowest BCUT2D eigenvalue weighted by Gasteiger charge is -2.09. The highest BCUT2D eigenvalue weighted by molar-refractivity contribution is 8.13. The zero-order valence-electron chi connectivity index (χ0n) is 9.97. The van der Waals surface area contributed by atoms with Crippen LogP contribution in [0, 0.1) is 5.92 Å². The zero-order chi connectivity index (χ0) is 12.9. The number of hydrogen-bond donors (Lipinski definition) is 0. The molecule has 0 aliphatic heterocycles. The molecule has 7 heteroatoms. The summed E-state index contributed by atoms with van der Waals surface area (Å²) in [6.07, 6.45) is 4.42. The van der Waals surface area contributed by atoms with Crippen LogP contribution >= 0.6 is 10.7 Å². The van der Waals surface area contributed by atoms with E-state index in [-0.39, 0.29) is 11.7 Å². The minimum Gasteiger partial charge on any atom is -0.490 e. The van der Waals surface area contributed by atoms with Crippen molar-refractivity contribution in [3.63, 3.8) is 0 Å². The van der Waals surface area contributed by atoms with Gasteiger partial charge in [0.2, 0.25) is 9.05 Å². The number of aromatic nitrogens is 2. The van der Waals surface area contributed by atoms with E-state index in [4.69, 9.17) is 15.4 Å². The first-order chi connectivity index (χ1) is 7.90. The average molecular weight is 281 g/mol. The molecular formula is C10H17ClN2O3S. The average Bonchev–Trinajstić information content (AvgIpc) is 2.61. The minimum absolute atomic E-state index is 0.0857. The van der Waals surface area contributed by atoms with Gasteiger partial charge in [-0.25, -0.2) is 8.42 Å². The van der Waals surface area contributed by atoms with Crippen LogP contribution in [0.15, 0.2) is 12.4 Å². The van der Waals surface area contributed by atoms with Gasteiger partial charge in [-0.05, 0) is 6.42 Å². The monoisotopic (exact) mass is 280 g/mol. The Hall–Kier alpha value is -0.750. The summed E-state index contributed by atoms with van der Waals surface area (Å²) >= 11 is 0. The molecule has 1 atom stereocenters. The Balaban J connectivity index is 2.39. The van der Waals surface area contributed by atoms with E-state index in [2.05, 4.69) is 12.0 Å².